The molecule has 0 aliphatic heterocycles. The van der Waals surface area contributed by atoms with Crippen molar-refractivity contribution in [3.63, 3.8) is 0 Å². The highest BCUT2D eigenvalue weighted by molar-refractivity contribution is 14.1. The number of H-pyrrole nitrogens is 1. The largest absolute Gasteiger partial charge is 0.336 e. The second-order valence-electron chi connectivity index (χ2n) is 2.93. The van der Waals surface area contributed by atoms with Gasteiger partial charge < -0.3 is 4.98 Å². The van der Waals surface area contributed by atoms with Crippen molar-refractivity contribution >= 4 is 28.9 Å². The van der Waals surface area contributed by atoms with Crippen molar-refractivity contribution in [1.82, 2.24) is 9.97 Å². The third kappa shape index (κ3) is 2.06. The number of hydrogen-bond acceptors (Lipinski definition) is 2. The van der Waals surface area contributed by atoms with Crippen molar-refractivity contribution in [2.75, 3.05) is 0 Å². The van der Waals surface area contributed by atoms with Crippen LogP contribution >= 0.6 is 22.6 Å². The van der Waals surface area contributed by atoms with Crippen LogP contribution in [0.5, 0.6) is 0 Å². The number of rotatable bonds is 2. The van der Waals surface area contributed by atoms with Crippen LogP contribution in [0.25, 0.3) is 11.4 Å². The lowest BCUT2D eigenvalue weighted by molar-refractivity contribution is 0.111. The summed E-state index contributed by atoms with van der Waals surface area (Å²) in [6.45, 7) is 0. The second kappa shape index (κ2) is 4.09. The molecule has 0 radical (unpaired) electrons. The summed E-state index contributed by atoms with van der Waals surface area (Å²) in [5.41, 5.74) is 1.19. The minimum atomic E-state index is -0.287. The van der Waals surface area contributed by atoms with E-state index in [-0.39, 0.29) is 5.82 Å². The van der Waals surface area contributed by atoms with Gasteiger partial charge in [0, 0.05) is 9.13 Å². The SMILES string of the molecule is O=Cc1cnc(-c2ccc(F)cc2I)[nH]1. The Hall–Kier alpha value is -1.24. The fourth-order valence-electron chi connectivity index (χ4n) is 1.21. The van der Waals surface area contributed by atoms with Gasteiger partial charge in [-0.1, -0.05) is 0 Å². The molecule has 1 aromatic heterocycles. The zero-order valence-corrected chi connectivity index (χ0v) is 9.66. The molecule has 0 fully saturated rings. The van der Waals surface area contributed by atoms with Gasteiger partial charge in [-0.2, -0.15) is 0 Å². The van der Waals surface area contributed by atoms with Crippen LogP contribution in [-0.4, -0.2) is 16.3 Å². The minimum Gasteiger partial charge on any atom is -0.336 e. The Kier molecular flexibility index (Phi) is 2.81. The third-order valence-corrected chi connectivity index (χ3v) is 2.80. The summed E-state index contributed by atoms with van der Waals surface area (Å²) in [4.78, 5) is 17.3. The van der Waals surface area contributed by atoms with Gasteiger partial charge in [0.2, 0.25) is 0 Å². The van der Waals surface area contributed by atoms with Crippen molar-refractivity contribution in [3.05, 3.63) is 39.5 Å². The molecule has 1 N–H and O–H groups in total. The Morgan fingerprint density at radius 1 is 1.47 bits per heavy atom. The quantitative estimate of drug-likeness (QED) is 0.684. The van der Waals surface area contributed by atoms with Crippen molar-refractivity contribution < 1.29 is 9.18 Å². The molecule has 2 rings (SSSR count). The van der Waals surface area contributed by atoms with Gasteiger partial charge >= 0.3 is 0 Å². The van der Waals surface area contributed by atoms with Gasteiger partial charge in [0.1, 0.15) is 11.6 Å². The zero-order valence-electron chi connectivity index (χ0n) is 7.50. The molecule has 0 amide bonds. The number of nitrogens with one attached hydrogen (secondary N) is 1. The highest BCUT2D eigenvalue weighted by Crippen LogP contribution is 2.23. The minimum absolute atomic E-state index is 0.287. The van der Waals surface area contributed by atoms with Crippen LogP contribution in [0.1, 0.15) is 10.5 Å². The monoisotopic (exact) mass is 316 g/mol. The fourth-order valence-corrected chi connectivity index (χ4v) is 1.95. The molecule has 0 aliphatic carbocycles. The molecule has 0 bridgehead atoms. The molecular weight excluding hydrogens is 310 g/mol. The number of benzene rings is 1. The molecule has 1 aromatic carbocycles. The van der Waals surface area contributed by atoms with E-state index in [1.807, 2.05) is 22.6 Å². The lowest BCUT2D eigenvalue weighted by Crippen LogP contribution is -1.87. The van der Waals surface area contributed by atoms with Crippen LogP contribution in [0, 0.1) is 9.39 Å². The lowest BCUT2D eigenvalue weighted by atomic mass is 10.2. The number of aromatic nitrogens is 2. The van der Waals surface area contributed by atoms with Gasteiger partial charge in [-0.05, 0) is 40.8 Å². The number of nitrogens with zero attached hydrogens (tertiary/aromatic N) is 1. The molecule has 0 spiro atoms. The maximum Gasteiger partial charge on any atom is 0.167 e. The number of carbonyl (C=O) groups excluding carboxylic acids is 1. The van der Waals surface area contributed by atoms with Crippen LogP contribution in [0.3, 0.4) is 0 Å². The van der Waals surface area contributed by atoms with Gasteiger partial charge in [-0.25, -0.2) is 9.37 Å². The molecule has 2 aromatic rings. The van der Waals surface area contributed by atoms with E-state index in [1.165, 1.54) is 18.3 Å². The highest BCUT2D eigenvalue weighted by atomic mass is 127. The molecule has 1 heterocycles. The first-order valence-corrected chi connectivity index (χ1v) is 5.24. The van der Waals surface area contributed by atoms with Crippen LogP contribution in [0.2, 0.25) is 0 Å². The first-order chi connectivity index (χ1) is 7.20. The van der Waals surface area contributed by atoms with Gasteiger partial charge in [0.15, 0.2) is 6.29 Å². The van der Waals surface area contributed by atoms with E-state index in [0.717, 1.165) is 9.13 Å². The van der Waals surface area contributed by atoms with E-state index in [1.54, 1.807) is 6.07 Å². The Bertz CT molecular complexity index is 510. The van der Waals surface area contributed by atoms with Crippen LogP contribution in [0.15, 0.2) is 24.4 Å². The van der Waals surface area contributed by atoms with Crippen LogP contribution < -0.4 is 0 Å². The van der Waals surface area contributed by atoms with Gasteiger partial charge in [0.25, 0.3) is 0 Å². The van der Waals surface area contributed by atoms with Crippen molar-refractivity contribution in [2.24, 2.45) is 0 Å². The molecule has 0 saturated carbocycles. The molecule has 15 heavy (non-hydrogen) atoms. The second-order valence-corrected chi connectivity index (χ2v) is 4.09. The topological polar surface area (TPSA) is 45.8 Å². The normalized spacial score (nSPS) is 10.3. The summed E-state index contributed by atoms with van der Waals surface area (Å²) in [5.74, 6) is 0.284. The van der Waals surface area contributed by atoms with E-state index in [0.29, 0.717) is 17.8 Å². The summed E-state index contributed by atoms with van der Waals surface area (Å²) in [6, 6.07) is 4.41. The van der Waals surface area contributed by atoms with Gasteiger partial charge in [-0.15, -0.1) is 0 Å². The number of aldehydes is 1. The first kappa shape index (κ1) is 10.3. The number of carbonyl (C=O) groups is 1. The lowest BCUT2D eigenvalue weighted by Gasteiger charge is -2.00. The summed E-state index contributed by atoms with van der Waals surface area (Å²) in [5, 5.41) is 0. The smallest absolute Gasteiger partial charge is 0.167 e. The Balaban J connectivity index is 2.49. The molecular formula is C10H6FIN2O. The number of imidazole rings is 1. The maximum atomic E-state index is 12.8. The van der Waals surface area contributed by atoms with E-state index >= 15 is 0 Å². The Labute approximate surface area is 98.9 Å². The maximum absolute atomic E-state index is 12.8. The molecule has 0 saturated heterocycles. The van der Waals surface area contributed by atoms with Crippen molar-refractivity contribution in [2.45, 2.75) is 0 Å². The zero-order chi connectivity index (χ0) is 10.8. The van der Waals surface area contributed by atoms with Gasteiger partial charge in [-0.3, -0.25) is 4.79 Å². The summed E-state index contributed by atoms with van der Waals surface area (Å²) in [6.07, 6.45) is 2.13. The van der Waals surface area contributed by atoms with E-state index in [4.69, 9.17) is 0 Å². The molecule has 0 atom stereocenters. The first-order valence-electron chi connectivity index (χ1n) is 4.16. The predicted molar refractivity (Wildman–Crippen MR) is 62.1 cm³/mol. The van der Waals surface area contributed by atoms with E-state index < -0.39 is 0 Å². The van der Waals surface area contributed by atoms with Crippen molar-refractivity contribution in [3.8, 4) is 11.4 Å². The molecule has 0 aliphatic rings. The predicted octanol–water partition coefficient (Wildman–Crippen LogP) is 2.63. The van der Waals surface area contributed by atoms with E-state index in [2.05, 4.69) is 9.97 Å². The molecule has 0 unspecified atom stereocenters. The standard InChI is InChI=1S/C10H6FIN2O/c11-6-1-2-8(9(12)3-6)10-13-4-7(5-15)14-10/h1-5H,(H,13,14). The average Bonchev–Trinajstić information content (AvgIpc) is 2.66. The molecule has 5 heteroatoms. The third-order valence-electron chi connectivity index (χ3n) is 1.91. The summed E-state index contributed by atoms with van der Waals surface area (Å²) >= 11 is 2.02. The Morgan fingerprint density at radius 2 is 2.27 bits per heavy atom. The van der Waals surface area contributed by atoms with Crippen LogP contribution in [0.4, 0.5) is 4.39 Å². The van der Waals surface area contributed by atoms with Crippen LogP contribution in [-0.2, 0) is 0 Å². The molecule has 76 valence electrons. The van der Waals surface area contributed by atoms with Crippen molar-refractivity contribution in [1.29, 1.82) is 0 Å². The van der Waals surface area contributed by atoms with Gasteiger partial charge in [0.05, 0.1) is 11.9 Å². The number of aromatic amines is 1. The molecule has 3 nitrogen and oxygen atoms in total. The highest BCUT2D eigenvalue weighted by Gasteiger charge is 2.07. The average molecular weight is 316 g/mol. The van der Waals surface area contributed by atoms with E-state index in [9.17, 15) is 9.18 Å². The fraction of sp³-hybridized carbons (Fsp3) is 0. The Morgan fingerprint density at radius 3 is 2.87 bits per heavy atom. The number of hydrogen-bond donors (Lipinski definition) is 1. The number of halogens is 2. The summed E-state index contributed by atoms with van der Waals surface area (Å²) in [7, 11) is 0. The summed E-state index contributed by atoms with van der Waals surface area (Å²) < 4.78 is 13.6.